The van der Waals surface area contributed by atoms with Crippen LogP contribution in [-0.4, -0.2) is 28.8 Å². The first kappa shape index (κ1) is 14.1. The third kappa shape index (κ3) is 4.14. The van der Waals surface area contributed by atoms with E-state index in [4.69, 9.17) is 11.6 Å². The van der Waals surface area contributed by atoms with Crippen molar-refractivity contribution >= 4 is 12.1 Å². The number of nitrogens with zero attached hydrogens (tertiary/aromatic N) is 3. The van der Waals surface area contributed by atoms with Crippen LogP contribution in [0.5, 0.6) is 0 Å². The summed E-state index contributed by atoms with van der Waals surface area (Å²) in [5.74, 6) is 6.36. The monoisotopic (exact) mass is 249 g/mol. The average Bonchev–Trinajstić information content (AvgIpc) is 2.26. The van der Waals surface area contributed by atoms with Gasteiger partial charge in [0.15, 0.2) is 12.1 Å². The van der Waals surface area contributed by atoms with Crippen molar-refractivity contribution in [1.29, 1.82) is 0 Å². The van der Waals surface area contributed by atoms with E-state index in [1.165, 1.54) is 5.12 Å². The van der Waals surface area contributed by atoms with E-state index in [0.29, 0.717) is 35.7 Å². The quantitative estimate of drug-likeness (QED) is 0.262. The van der Waals surface area contributed by atoms with E-state index in [-0.39, 0.29) is 5.84 Å². The van der Waals surface area contributed by atoms with E-state index < -0.39 is 0 Å². The first-order valence-electron chi connectivity index (χ1n) is 5.73. The molecular weight excluding hydrogens is 230 g/mol. The van der Waals surface area contributed by atoms with Crippen LogP contribution < -0.4 is 11.6 Å². The molecule has 0 saturated heterocycles. The number of amidine groups is 1. The lowest BCUT2D eigenvalue weighted by molar-refractivity contribution is 0.111. The molecule has 6 nitrogen and oxygen atoms in total. The maximum absolute atomic E-state index is 10.7. The molecule has 0 aliphatic carbocycles. The number of aldehydes is 1. The molecule has 0 radical (unpaired) electrons. The van der Waals surface area contributed by atoms with E-state index in [1.807, 2.05) is 13.8 Å². The summed E-state index contributed by atoms with van der Waals surface area (Å²) in [6, 6.07) is 3.34. The van der Waals surface area contributed by atoms with E-state index in [9.17, 15) is 4.79 Å². The lowest BCUT2D eigenvalue weighted by Gasteiger charge is -2.15. The first-order chi connectivity index (χ1) is 8.42. The Balaban J connectivity index is 2.95. The van der Waals surface area contributed by atoms with E-state index in [2.05, 4.69) is 10.1 Å². The molecule has 0 aliphatic rings. The minimum Gasteiger partial charge on any atom is -0.382 e. The fraction of sp³-hybridized carbons (Fsp3) is 0.417. The van der Waals surface area contributed by atoms with Crippen LogP contribution in [0.3, 0.4) is 0 Å². The lowest BCUT2D eigenvalue weighted by Crippen LogP contribution is -2.32. The lowest BCUT2D eigenvalue weighted by atomic mass is 10.2. The number of hydrazine groups is 1. The molecule has 0 aromatic carbocycles. The third-order valence-corrected chi connectivity index (χ3v) is 2.18. The molecule has 0 spiro atoms. The highest BCUT2D eigenvalue weighted by molar-refractivity contribution is 5.98. The van der Waals surface area contributed by atoms with Crippen LogP contribution in [0.25, 0.3) is 0 Å². The van der Waals surface area contributed by atoms with Gasteiger partial charge in [0.1, 0.15) is 5.69 Å². The standard InChI is InChI=1S/C12H19N5O/c1-8(2)6-17(14)16-12(13)10-4-9(3)15-11(5-10)7-18/h4-5,7-8H,6,14H2,1-3H3,(H2,13,16). The maximum Gasteiger partial charge on any atom is 0.168 e. The Kier molecular flexibility index (Phi) is 4.79. The van der Waals surface area contributed by atoms with Crippen molar-refractivity contribution in [3.8, 4) is 0 Å². The van der Waals surface area contributed by atoms with Gasteiger partial charge in [0, 0.05) is 11.3 Å². The highest BCUT2D eigenvalue weighted by Gasteiger charge is 2.06. The molecule has 1 heterocycles. The van der Waals surface area contributed by atoms with Crippen molar-refractivity contribution in [3.05, 3.63) is 29.1 Å². The summed E-state index contributed by atoms with van der Waals surface area (Å²) in [5.41, 5.74) is 7.53. The van der Waals surface area contributed by atoms with Crippen LogP contribution in [0.2, 0.25) is 0 Å². The number of hydrazone groups is 1. The van der Waals surface area contributed by atoms with E-state index >= 15 is 0 Å². The zero-order valence-corrected chi connectivity index (χ0v) is 10.9. The number of pyridine rings is 1. The Morgan fingerprint density at radius 1 is 1.56 bits per heavy atom. The molecule has 1 aromatic rings. The normalized spacial score (nSPS) is 11.7. The Labute approximate surface area is 107 Å². The Hall–Kier alpha value is -1.95. The van der Waals surface area contributed by atoms with Crippen LogP contribution >= 0.6 is 0 Å². The Bertz CT molecular complexity index is 456. The largest absolute Gasteiger partial charge is 0.382 e. The van der Waals surface area contributed by atoms with Crippen molar-refractivity contribution < 1.29 is 4.79 Å². The topological polar surface area (TPSA) is 97.6 Å². The fourth-order valence-electron chi connectivity index (χ4n) is 1.51. The highest BCUT2D eigenvalue weighted by Crippen LogP contribution is 2.05. The summed E-state index contributed by atoms with van der Waals surface area (Å²) >= 11 is 0. The van der Waals surface area contributed by atoms with Crippen molar-refractivity contribution in [2.75, 3.05) is 6.54 Å². The van der Waals surface area contributed by atoms with Gasteiger partial charge >= 0.3 is 0 Å². The summed E-state index contributed by atoms with van der Waals surface area (Å²) in [6.45, 7) is 6.46. The van der Waals surface area contributed by atoms with Crippen molar-refractivity contribution in [2.24, 2.45) is 22.6 Å². The molecule has 0 fully saturated rings. The van der Waals surface area contributed by atoms with Gasteiger partial charge < -0.3 is 5.73 Å². The molecule has 18 heavy (non-hydrogen) atoms. The second-order valence-electron chi connectivity index (χ2n) is 4.54. The van der Waals surface area contributed by atoms with Gasteiger partial charge in [-0.25, -0.2) is 11.0 Å². The van der Waals surface area contributed by atoms with E-state index in [1.54, 1.807) is 19.1 Å². The molecule has 4 N–H and O–H groups in total. The van der Waals surface area contributed by atoms with Gasteiger partial charge in [-0.05, 0) is 25.0 Å². The maximum atomic E-state index is 10.7. The Morgan fingerprint density at radius 3 is 2.78 bits per heavy atom. The molecule has 0 bridgehead atoms. The van der Waals surface area contributed by atoms with Gasteiger partial charge in [-0.1, -0.05) is 13.8 Å². The van der Waals surface area contributed by atoms with Gasteiger partial charge in [0.2, 0.25) is 0 Å². The molecule has 0 amide bonds. The van der Waals surface area contributed by atoms with E-state index in [0.717, 1.165) is 0 Å². The van der Waals surface area contributed by atoms with Crippen LogP contribution in [0.1, 0.15) is 35.6 Å². The average molecular weight is 249 g/mol. The molecule has 0 unspecified atom stereocenters. The summed E-state index contributed by atoms with van der Waals surface area (Å²) < 4.78 is 0. The molecule has 0 saturated carbocycles. The number of carbonyl (C=O) groups excluding carboxylic acids is 1. The van der Waals surface area contributed by atoms with Crippen molar-refractivity contribution in [1.82, 2.24) is 10.1 Å². The zero-order valence-electron chi connectivity index (χ0n) is 10.9. The third-order valence-electron chi connectivity index (χ3n) is 2.18. The van der Waals surface area contributed by atoms with Crippen LogP contribution in [0.4, 0.5) is 0 Å². The molecule has 6 heteroatoms. The second-order valence-corrected chi connectivity index (χ2v) is 4.54. The number of carbonyl (C=O) groups is 1. The molecule has 0 atom stereocenters. The predicted octanol–water partition coefficient (Wildman–Crippen LogP) is 0.655. The summed E-state index contributed by atoms with van der Waals surface area (Å²) in [4.78, 5) is 14.8. The number of aryl methyl sites for hydroxylation is 1. The smallest absolute Gasteiger partial charge is 0.168 e. The molecule has 1 rings (SSSR count). The van der Waals surface area contributed by atoms with Gasteiger partial charge in [0.05, 0.1) is 6.54 Å². The molecule has 98 valence electrons. The summed E-state index contributed by atoms with van der Waals surface area (Å²) in [7, 11) is 0. The van der Waals surface area contributed by atoms with Crippen molar-refractivity contribution in [3.63, 3.8) is 0 Å². The highest BCUT2D eigenvalue weighted by atomic mass is 16.1. The van der Waals surface area contributed by atoms with Crippen LogP contribution in [-0.2, 0) is 0 Å². The van der Waals surface area contributed by atoms with Gasteiger partial charge in [-0.15, -0.1) is 5.10 Å². The minimum atomic E-state index is 0.270. The van der Waals surface area contributed by atoms with Crippen molar-refractivity contribution in [2.45, 2.75) is 20.8 Å². The zero-order chi connectivity index (χ0) is 13.7. The predicted molar refractivity (Wildman–Crippen MR) is 70.8 cm³/mol. The SMILES string of the molecule is Cc1cc(/C(N)=N/N(N)CC(C)C)cc(C=O)n1. The number of rotatable bonds is 5. The number of nitrogens with two attached hydrogens (primary N) is 2. The van der Waals surface area contributed by atoms with Gasteiger partial charge in [-0.2, -0.15) is 0 Å². The van der Waals surface area contributed by atoms with Crippen LogP contribution in [0, 0.1) is 12.8 Å². The number of hydrogen-bond donors (Lipinski definition) is 2. The molecule has 0 aliphatic heterocycles. The summed E-state index contributed by atoms with van der Waals surface area (Å²) in [5, 5.41) is 5.37. The van der Waals surface area contributed by atoms with Gasteiger partial charge in [0.25, 0.3) is 0 Å². The minimum absolute atomic E-state index is 0.270. The van der Waals surface area contributed by atoms with Gasteiger partial charge in [-0.3, -0.25) is 9.78 Å². The second kappa shape index (κ2) is 6.11. The first-order valence-corrected chi connectivity index (χ1v) is 5.73. The molecule has 1 aromatic heterocycles. The Morgan fingerprint density at radius 2 is 2.22 bits per heavy atom. The fourth-order valence-corrected chi connectivity index (χ4v) is 1.51. The number of hydrogen-bond acceptors (Lipinski definition) is 5. The number of aromatic nitrogens is 1. The molecular formula is C12H19N5O. The summed E-state index contributed by atoms with van der Waals surface area (Å²) in [6.07, 6.45) is 0.679. The van der Waals surface area contributed by atoms with Crippen LogP contribution in [0.15, 0.2) is 17.2 Å².